The van der Waals surface area contributed by atoms with E-state index in [0.717, 1.165) is 34.6 Å². The number of halogens is 1. The predicted molar refractivity (Wildman–Crippen MR) is 107 cm³/mol. The van der Waals surface area contributed by atoms with Gasteiger partial charge in [-0.25, -0.2) is 4.39 Å². The minimum absolute atomic E-state index is 0.0727. The molecule has 0 spiro atoms. The Morgan fingerprint density at radius 3 is 2.64 bits per heavy atom. The summed E-state index contributed by atoms with van der Waals surface area (Å²) in [6.45, 7) is 5.84. The zero-order valence-corrected chi connectivity index (χ0v) is 16.0. The number of hydrogen-bond donors (Lipinski definition) is 1. The number of hydrogen-bond acceptors (Lipinski definition) is 3. The highest BCUT2D eigenvalue weighted by molar-refractivity contribution is 5.96. The van der Waals surface area contributed by atoms with E-state index in [2.05, 4.69) is 22.0 Å². The molecule has 5 nitrogen and oxygen atoms in total. The van der Waals surface area contributed by atoms with E-state index in [1.165, 1.54) is 12.1 Å². The average molecular weight is 378 g/mol. The Morgan fingerprint density at radius 2 is 1.93 bits per heavy atom. The molecule has 2 heterocycles. The number of aryl methyl sites for hydroxylation is 1. The lowest BCUT2D eigenvalue weighted by Gasteiger charge is -2.40. The molecular weight excluding hydrogens is 355 g/mol. The molecule has 4 rings (SSSR count). The van der Waals surface area contributed by atoms with Gasteiger partial charge in [-0.2, -0.15) is 5.10 Å². The summed E-state index contributed by atoms with van der Waals surface area (Å²) in [5, 5.41) is 7.16. The Hall–Kier alpha value is -2.99. The molecule has 1 aliphatic heterocycles. The van der Waals surface area contributed by atoms with Gasteiger partial charge in [0.05, 0.1) is 18.4 Å². The van der Waals surface area contributed by atoms with Crippen LogP contribution >= 0.6 is 0 Å². The number of anilines is 1. The van der Waals surface area contributed by atoms with Crippen molar-refractivity contribution < 1.29 is 9.18 Å². The molecule has 0 aliphatic carbocycles. The third kappa shape index (κ3) is 3.55. The molecule has 1 N–H and O–H groups in total. The Kier molecular flexibility index (Phi) is 4.96. The van der Waals surface area contributed by atoms with Crippen molar-refractivity contribution in [1.82, 2.24) is 15.1 Å². The highest BCUT2D eigenvalue weighted by Gasteiger charge is 2.31. The third-order valence-electron chi connectivity index (χ3n) is 5.21. The number of aromatic nitrogens is 2. The minimum Gasteiger partial charge on any atom is -0.307 e. The van der Waals surface area contributed by atoms with Crippen LogP contribution < -0.4 is 4.90 Å². The first-order chi connectivity index (χ1) is 13.5. The third-order valence-corrected chi connectivity index (χ3v) is 5.21. The lowest BCUT2D eigenvalue weighted by molar-refractivity contribution is -0.122. The van der Waals surface area contributed by atoms with Crippen LogP contribution in [0.1, 0.15) is 18.1 Å². The Balaban J connectivity index is 1.51. The quantitative estimate of drug-likeness (QED) is 0.752. The molecule has 0 bridgehead atoms. The number of amides is 1. The maximum absolute atomic E-state index is 13.2. The van der Waals surface area contributed by atoms with Gasteiger partial charge in [-0.05, 0) is 49.7 Å². The molecule has 2 aromatic carbocycles. The number of aromatic amines is 1. The van der Waals surface area contributed by atoms with E-state index in [1.54, 1.807) is 18.3 Å². The monoisotopic (exact) mass is 378 g/mol. The normalized spacial score (nSPS) is 17.9. The van der Waals surface area contributed by atoms with Gasteiger partial charge in [-0.15, -0.1) is 0 Å². The van der Waals surface area contributed by atoms with Crippen LogP contribution in [-0.2, 0) is 11.3 Å². The van der Waals surface area contributed by atoms with E-state index in [1.807, 2.05) is 36.1 Å². The van der Waals surface area contributed by atoms with E-state index in [0.29, 0.717) is 13.1 Å². The number of nitrogens with zero attached hydrogens (tertiary/aromatic N) is 3. The molecule has 144 valence electrons. The van der Waals surface area contributed by atoms with Gasteiger partial charge >= 0.3 is 0 Å². The van der Waals surface area contributed by atoms with E-state index < -0.39 is 0 Å². The molecule has 1 amide bonds. The van der Waals surface area contributed by atoms with Crippen LogP contribution in [0.2, 0.25) is 0 Å². The van der Waals surface area contributed by atoms with Crippen LogP contribution in [0, 0.1) is 12.7 Å². The van der Waals surface area contributed by atoms with Gasteiger partial charge in [-0.1, -0.05) is 18.2 Å². The number of benzene rings is 2. The van der Waals surface area contributed by atoms with E-state index >= 15 is 0 Å². The molecule has 1 atom stereocenters. The van der Waals surface area contributed by atoms with E-state index in [-0.39, 0.29) is 17.8 Å². The van der Waals surface area contributed by atoms with Gasteiger partial charge in [-0.3, -0.25) is 14.8 Å². The van der Waals surface area contributed by atoms with Gasteiger partial charge in [0.1, 0.15) is 5.82 Å². The second-order valence-corrected chi connectivity index (χ2v) is 7.35. The number of rotatable bonds is 4. The lowest BCUT2D eigenvalue weighted by atomic mass is 10.1. The summed E-state index contributed by atoms with van der Waals surface area (Å²) in [6, 6.07) is 14.4. The molecule has 0 radical (unpaired) electrons. The average Bonchev–Trinajstić information content (AvgIpc) is 3.11. The lowest BCUT2D eigenvalue weighted by Crippen LogP contribution is -2.55. The fourth-order valence-electron chi connectivity index (χ4n) is 3.90. The Labute approximate surface area is 163 Å². The molecule has 0 saturated carbocycles. The fourth-order valence-corrected chi connectivity index (χ4v) is 3.90. The van der Waals surface area contributed by atoms with Crippen molar-refractivity contribution in [3.05, 3.63) is 71.7 Å². The first-order valence-electron chi connectivity index (χ1n) is 9.41. The number of para-hydroxylation sites is 1. The SMILES string of the molecule is Cc1ccccc1N1C(=O)CN(Cc2cn[nH]c2-c2ccc(F)cc2)C[C@H]1C. The second kappa shape index (κ2) is 7.56. The molecule has 6 heteroatoms. The van der Waals surface area contributed by atoms with Crippen molar-refractivity contribution in [3.8, 4) is 11.3 Å². The molecule has 0 unspecified atom stereocenters. The number of carbonyl (C=O) groups is 1. The van der Waals surface area contributed by atoms with Gasteiger partial charge in [0.25, 0.3) is 0 Å². The fraction of sp³-hybridized carbons (Fsp3) is 0.273. The Bertz CT molecular complexity index is 982. The predicted octanol–water partition coefficient (Wildman–Crippen LogP) is 3.76. The van der Waals surface area contributed by atoms with Crippen LogP contribution in [0.5, 0.6) is 0 Å². The number of carbonyl (C=O) groups excluding carboxylic acids is 1. The van der Waals surface area contributed by atoms with Crippen molar-refractivity contribution >= 4 is 11.6 Å². The van der Waals surface area contributed by atoms with Gasteiger partial charge in [0, 0.05) is 35.9 Å². The summed E-state index contributed by atoms with van der Waals surface area (Å²) >= 11 is 0. The van der Waals surface area contributed by atoms with Crippen molar-refractivity contribution in [3.63, 3.8) is 0 Å². The molecular formula is C22H23FN4O. The second-order valence-electron chi connectivity index (χ2n) is 7.35. The number of piperazine rings is 1. The molecule has 3 aromatic rings. The highest BCUT2D eigenvalue weighted by atomic mass is 19.1. The van der Waals surface area contributed by atoms with Crippen molar-refractivity contribution in [1.29, 1.82) is 0 Å². The maximum atomic E-state index is 13.2. The van der Waals surface area contributed by atoms with E-state index in [9.17, 15) is 9.18 Å². The molecule has 1 fully saturated rings. The van der Waals surface area contributed by atoms with Crippen LogP contribution in [-0.4, -0.2) is 40.1 Å². The standard InChI is InChI=1S/C22H23FN4O/c1-15-5-3-4-6-20(15)27-16(2)12-26(14-21(27)28)13-18-11-24-25-22(18)17-7-9-19(23)10-8-17/h3-11,16H,12-14H2,1-2H3,(H,24,25)/t16-/m1/s1. The Morgan fingerprint density at radius 1 is 1.18 bits per heavy atom. The maximum Gasteiger partial charge on any atom is 0.241 e. The highest BCUT2D eigenvalue weighted by Crippen LogP contribution is 2.27. The molecule has 28 heavy (non-hydrogen) atoms. The summed E-state index contributed by atoms with van der Waals surface area (Å²) in [5.41, 5.74) is 4.82. The molecule has 1 saturated heterocycles. The first-order valence-corrected chi connectivity index (χ1v) is 9.41. The zero-order valence-electron chi connectivity index (χ0n) is 16.0. The van der Waals surface area contributed by atoms with Gasteiger partial charge in [0.2, 0.25) is 5.91 Å². The van der Waals surface area contributed by atoms with Gasteiger partial charge in [0.15, 0.2) is 0 Å². The van der Waals surface area contributed by atoms with Crippen molar-refractivity contribution in [2.24, 2.45) is 0 Å². The number of nitrogens with one attached hydrogen (secondary N) is 1. The van der Waals surface area contributed by atoms with Gasteiger partial charge < -0.3 is 4.90 Å². The first kappa shape index (κ1) is 18.4. The largest absolute Gasteiger partial charge is 0.307 e. The zero-order chi connectivity index (χ0) is 19.7. The summed E-state index contributed by atoms with van der Waals surface area (Å²) < 4.78 is 13.2. The summed E-state index contributed by atoms with van der Waals surface area (Å²) in [4.78, 5) is 17.0. The molecule has 1 aliphatic rings. The summed E-state index contributed by atoms with van der Waals surface area (Å²) in [6.07, 6.45) is 1.78. The number of H-pyrrole nitrogens is 1. The summed E-state index contributed by atoms with van der Waals surface area (Å²) in [7, 11) is 0. The topological polar surface area (TPSA) is 52.2 Å². The summed E-state index contributed by atoms with van der Waals surface area (Å²) in [5.74, 6) is -0.170. The van der Waals surface area contributed by atoms with Crippen LogP contribution in [0.25, 0.3) is 11.3 Å². The minimum atomic E-state index is -0.267. The van der Waals surface area contributed by atoms with Crippen molar-refractivity contribution in [2.45, 2.75) is 26.4 Å². The van der Waals surface area contributed by atoms with E-state index in [4.69, 9.17) is 0 Å². The van der Waals surface area contributed by atoms with Crippen LogP contribution in [0.3, 0.4) is 0 Å². The van der Waals surface area contributed by atoms with Crippen molar-refractivity contribution in [2.75, 3.05) is 18.0 Å². The smallest absolute Gasteiger partial charge is 0.241 e. The van der Waals surface area contributed by atoms with Crippen LogP contribution in [0.4, 0.5) is 10.1 Å². The molecule has 1 aromatic heterocycles. The van der Waals surface area contributed by atoms with Crippen LogP contribution in [0.15, 0.2) is 54.7 Å².